The zero-order valence-corrected chi connectivity index (χ0v) is 11.9. The Labute approximate surface area is 122 Å². The topological polar surface area (TPSA) is 37.8 Å². The first-order valence-corrected chi connectivity index (χ1v) is 6.81. The molecule has 0 spiro atoms. The van der Waals surface area contributed by atoms with Gasteiger partial charge < -0.3 is 5.32 Å². The van der Waals surface area contributed by atoms with Gasteiger partial charge in [0.2, 0.25) is 0 Å². The molecule has 0 atom stereocenters. The molecule has 0 bridgehead atoms. The third-order valence-corrected chi connectivity index (χ3v) is 3.54. The highest BCUT2D eigenvalue weighted by atomic mass is 35.5. The second kappa shape index (κ2) is 5.47. The summed E-state index contributed by atoms with van der Waals surface area (Å²) < 4.78 is 0. The molecule has 3 nitrogen and oxygen atoms in total. The minimum absolute atomic E-state index is 0.541. The summed E-state index contributed by atoms with van der Waals surface area (Å²) in [6.07, 6.45) is 1.73. The molecular weight excluding hydrogens is 270 g/mol. The van der Waals surface area contributed by atoms with Gasteiger partial charge in [0.1, 0.15) is 5.15 Å². The van der Waals surface area contributed by atoms with Crippen molar-refractivity contribution in [1.82, 2.24) is 9.97 Å². The fourth-order valence-electron chi connectivity index (χ4n) is 2.05. The maximum Gasteiger partial charge on any atom is 0.132 e. The van der Waals surface area contributed by atoms with Gasteiger partial charge in [-0.05, 0) is 30.7 Å². The number of pyridine rings is 2. The van der Waals surface area contributed by atoms with Gasteiger partial charge >= 0.3 is 0 Å². The van der Waals surface area contributed by atoms with Crippen LogP contribution < -0.4 is 5.32 Å². The number of halogens is 1. The van der Waals surface area contributed by atoms with Gasteiger partial charge in [0.25, 0.3) is 0 Å². The monoisotopic (exact) mass is 283 g/mol. The molecule has 0 unspecified atom stereocenters. The van der Waals surface area contributed by atoms with E-state index in [1.165, 1.54) is 0 Å². The molecule has 0 aliphatic carbocycles. The van der Waals surface area contributed by atoms with Crippen molar-refractivity contribution in [3.05, 3.63) is 65.1 Å². The molecule has 0 saturated heterocycles. The average molecular weight is 284 g/mol. The minimum Gasteiger partial charge on any atom is -0.378 e. The molecule has 20 heavy (non-hydrogen) atoms. The zero-order chi connectivity index (χ0) is 13.9. The van der Waals surface area contributed by atoms with E-state index < -0.39 is 0 Å². The molecule has 2 heterocycles. The molecule has 4 heteroatoms. The lowest BCUT2D eigenvalue weighted by Gasteiger charge is -2.08. The smallest absolute Gasteiger partial charge is 0.132 e. The Balaban J connectivity index is 1.77. The Hall–Kier alpha value is -2.13. The lowest BCUT2D eigenvalue weighted by atomic mass is 10.2. The number of hydrogen-bond donors (Lipinski definition) is 1. The highest BCUT2D eigenvalue weighted by Gasteiger charge is 2.01. The molecule has 3 rings (SSSR count). The van der Waals surface area contributed by atoms with Crippen LogP contribution in [0.15, 0.2) is 48.7 Å². The van der Waals surface area contributed by atoms with Crippen molar-refractivity contribution < 1.29 is 0 Å². The number of para-hydroxylation sites is 1. The van der Waals surface area contributed by atoms with Crippen molar-refractivity contribution in [1.29, 1.82) is 0 Å². The summed E-state index contributed by atoms with van der Waals surface area (Å²) in [6.45, 7) is 2.60. The summed E-state index contributed by atoms with van der Waals surface area (Å²) in [5, 5.41) is 5.00. The molecule has 100 valence electrons. The molecule has 1 N–H and O–H groups in total. The van der Waals surface area contributed by atoms with Crippen LogP contribution in [-0.2, 0) is 6.54 Å². The maximum absolute atomic E-state index is 5.91. The van der Waals surface area contributed by atoms with Gasteiger partial charge in [-0.2, -0.15) is 0 Å². The van der Waals surface area contributed by atoms with E-state index >= 15 is 0 Å². The van der Waals surface area contributed by atoms with Gasteiger partial charge in [0.15, 0.2) is 0 Å². The molecule has 1 aromatic carbocycles. The fraction of sp³-hybridized carbons (Fsp3) is 0.125. The number of aryl methyl sites for hydroxylation is 1. The van der Waals surface area contributed by atoms with E-state index in [0.29, 0.717) is 11.7 Å². The van der Waals surface area contributed by atoms with Crippen molar-refractivity contribution in [2.75, 3.05) is 5.32 Å². The molecule has 0 amide bonds. The Morgan fingerprint density at radius 3 is 2.85 bits per heavy atom. The predicted molar refractivity (Wildman–Crippen MR) is 83.1 cm³/mol. The Bertz CT molecular complexity index is 756. The third kappa shape index (κ3) is 2.73. The van der Waals surface area contributed by atoms with Crippen molar-refractivity contribution in [3.8, 4) is 0 Å². The minimum atomic E-state index is 0.541. The molecule has 0 aliphatic heterocycles. The van der Waals surface area contributed by atoms with E-state index in [-0.39, 0.29) is 0 Å². The number of nitrogens with one attached hydrogen (secondary N) is 1. The van der Waals surface area contributed by atoms with Gasteiger partial charge in [0, 0.05) is 5.39 Å². The second-order valence-corrected chi connectivity index (χ2v) is 5.04. The number of hydrogen-bond acceptors (Lipinski definition) is 3. The number of benzene rings is 1. The van der Waals surface area contributed by atoms with Crippen LogP contribution in [0.1, 0.15) is 11.3 Å². The first-order chi connectivity index (χ1) is 9.72. The molecule has 0 radical (unpaired) electrons. The molecule has 3 aromatic rings. The van der Waals surface area contributed by atoms with Crippen molar-refractivity contribution in [3.63, 3.8) is 0 Å². The molecule has 2 aromatic heterocycles. The summed E-state index contributed by atoms with van der Waals surface area (Å²) in [6, 6.07) is 14.2. The normalized spacial score (nSPS) is 10.7. The summed E-state index contributed by atoms with van der Waals surface area (Å²) in [4.78, 5) is 8.74. The molecular formula is C16H14ClN3. The van der Waals surface area contributed by atoms with Gasteiger partial charge in [-0.1, -0.05) is 35.9 Å². The Morgan fingerprint density at radius 1 is 1.15 bits per heavy atom. The number of nitrogens with zero attached hydrogens (tertiary/aromatic N) is 2. The lowest BCUT2D eigenvalue weighted by molar-refractivity contribution is 1.06. The van der Waals surface area contributed by atoms with Gasteiger partial charge in [-0.25, -0.2) is 4.98 Å². The van der Waals surface area contributed by atoms with E-state index in [1.807, 2.05) is 37.3 Å². The number of rotatable bonds is 3. The highest BCUT2D eigenvalue weighted by molar-refractivity contribution is 6.30. The van der Waals surface area contributed by atoms with Gasteiger partial charge in [-0.3, -0.25) is 4.98 Å². The average Bonchev–Trinajstić information content (AvgIpc) is 2.48. The van der Waals surface area contributed by atoms with Crippen LogP contribution in [0.25, 0.3) is 10.9 Å². The fourth-order valence-corrected chi connectivity index (χ4v) is 2.16. The van der Waals surface area contributed by atoms with Crippen LogP contribution in [-0.4, -0.2) is 9.97 Å². The predicted octanol–water partition coefficient (Wildman–Crippen LogP) is 4.20. The first kappa shape index (κ1) is 12.9. The number of fused-ring (bicyclic) bond motifs is 1. The number of anilines is 1. The quantitative estimate of drug-likeness (QED) is 0.732. The summed E-state index contributed by atoms with van der Waals surface area (Å²) in [5.41, 5.74) is 3.92. The Morgan fingerprint density at radius 2 is 2.00 bits per heavy atom. The maximum atomic E-state index is 5.91. The highest BCUT2D eigenvalue weighted by Crippen LogP contribution is 2.17. The van der Waals surface area contributed by atoms with E-state index in [2.05, 4.69) is 27.4 Å². The van der Waals surface area contributed by atoms with Crippen LogP contribution in [0.3, 0.4) is 0 Å². The van der Waals surface area contributed by atoms with Crippen molar-refractivity contribution >= 4 is 28.2 Å². The van der Waals surface area contributed by atoms with Crippen molar-refractivity contribution in [2.45, 2.75) is 13.5 Å². The zero-order valence-electron chi connectivity index (χ0n) is 11.1. The SMILES string of the molecule is Cc1cc(NCc2ccc3ccccc3n2)cnc1Cl. The summed E-state index contributed by atoms with van der Waals surface area (Å²) in [5.74, 6) is 0. The molecule has 0 aliphatic rings. The van der Waals surface area contributed by atoms with Crippen LogP contribution in [0, 0.1) is 6.92 Å². The van der Waals surface area contributed by atoms with Crippen LogP contribution in [0.5, 0.6) is 0 Å². The third-order valence-electron chi connectivity index (χ3n) is 3.14. The van der Waals surface area contributed by atoms with E-state index in [1.54, 1.807) is 6.20 Å². The summed E-state index contributed by atoms with van der Waals surface area (Å²) >= 11 is 5.91. The lowest BCUT2D eigenvalue weighted by Crippen LogP contribution is -2.02. The van der Waals surface area contributed by atoms with Gasteiger partial charge in [0.05, 0.1) is 29.6 Å². The van der Waals surface area contributed by atoms with E-state index in [4.69, 9.17) is 11.6 Å². The van der Waals surface area contributed by atoms with Crippen LogP contribution in [0.2, 0.25) is 5.15 Å². The van der Waals surface area contributed by atoms with E-state index in [9.17, 15) is 0 Å². The molecule has 0 fully saturated rings. The standard InChI is InChI=1S/C16H14ClN3/c1-11-8-14(10-19-16(11)17)18-9-13-7-6-12-4-2-3-5-15(12)20-13/h2-8,10,18H,9H2,1H3. The van der Waals surface area contributed by atoms with Crippen molar-refractivity contribution in [2.24, 2.45) is 0 Å². The van der Waals surface area contributed by atoms with Crippen LogP contribution in [0.4, 0.5) is 5.69 Å². The Kier molecular flexibility index (Phi) is 3.52. The number of aromatic nitrogens is 2. The van der Waals surface area contributed by atoms with Crippen LogP contribution >= 0.6 is 11.6 Å². The first-order valence-electron chi connectivity index (χ1n) is 6.43. The molecule has 0 saturated carbocycles. The largest absolute Gasteiger partial charge is 0.378 e. The second-order valence-electron chi connectivity index (χ2n) is 4.68. The van der Waals surface area contributed by atoms with E-state index in [0.717, 1.165) is 27.8 Å². The van der Waals surface area contributed by atoms with Gasteiger partial charge in [-0.15, -0.1) is 0 Å². The summed E-state index contributed by atoms with van der Waals surface area (Å²) in [7, 11) is 0.